The number of hydrogen-bond donors (Lipinski definition) is 0. The van der Waals surface area contributed by atoms with E-state index in [1.54, 1.807) is 0 Å². The molecule has 10 rings (SSSR count). The van der Waals surface area contributed by atoms with Gasteiger partial charge < -0.3 is 18.9 Å². The minimum Gasteiger partial charge on any atom is -0.345 e. The van der Waals surface area contributed by atoms with Crippen LogP contribution in [-0.2, 0) is 12.8 Å². The molecule has 0 N–H and O–H groups in total. The van der Waals surface area contributed by atoms with Crippen molar-refractivity contribution in [2.45, 2.75) is 105 Å². The third kappa shape index (κ3) is 9.88. The predicted molar refractivity (Wildman–Crippen MR) is 305 cm³/mol. The molecule has 0 spiro atoms. The number of rotatable bonds is 16. The summed E-state index contributed by atoms with van der Waals surface area (Å²) in [6.07, 6.45) is 9.53. The van der Waals surface area contributed by atoms with Crippen molar-refractivity contribution in [1.29, 1.82) is 0 Å². The van der Waals surface area contributed by atoms with Crippen molar-refractivity contribution in [3.05, 3.63) is 204 Å². The number of aromatic nitrogens is 2. The highest BCUT2D eigenvalue weighted by atomic mass is 15.1. The van der Waals surface area contributed by atoms with Crippen molar-refractivity contribution in [2.75, 3.05) is 23.9 Å². The Balaban J connectivity index is 0.000000174. The van der Waals surface area contributed by atoms with Crippen LogP contribution < -0.4 is 9.80 Å². The molecular formula is C66H72N4. The minimum absolute atomic E-state index is 0.559. The van der Waals surface area contributed by atoms with Crippen molar-refractivity contribution in [3.63, 3.8) is 0 Å². The molecule has 2 heterocycles. The summed E-state index contributed by atoms with van der Waals surface area (Å²) in [7, 11) is 4.25. The average molecular weight is 921 g/mol. The van der Waals surface area contributed by atoms with Gasteiger partial charge in [-0.25, -0.2) is 0 Å². The van der Waals surface area contributed by atoms with Crippen LogP contribution >= 0.6 is 0 Å². The van der Waals surface area contributed by atoms with E-state index in [9.17, 15) is 0 Å². The first kappa shape index (κ1) is 48.0. The van der Waals surface area contributed by atoms with Crippen LogP contribution in [0.2, 0.25) is 0 Å². The van der Waals surface area contributed by atoms with E-state index in [0.29, 0.717) is 11.8 Å². The summed E-state index contributed by atoms with van der Waals surface area (Å²) in [5.74, 6) is 1.12. The second kappa shape index (κ2) is 21.7. The van der Waals surface area contributed by atoms with E-state index in [-0.39, 0.29) is 0 Å². The Morgan fingerprint density at radius 2 is 0.700 bits per heavy atom. The molecule has 356 valence electrons. The van der Waals surface area contributed by atoms with Crippen molar-refractivity contribution in [1.82, 2.24) is 9.13 Å². The summed E-state index contributed by atoms with van der Waals surface area (Å²) >= 11 is 0. The number of anilines is 4. The van der Waals surface area contributed by atoms with Gasteiger partial charge in [-0.3, -0.25) is 0 Å². The van der Waals surface area contributed by atoms with Crippen molar-refractivity contribution >= 4 is 66.4 Å². The lowest BCUT2D eigenvalue weighted by Gasteiger charge is -2.20. The van der Waals surface area contributed by atoms with E-state index >= 15 is 0 Å². The number of benzene rings is 8. The number of para-hydroxylation sites is 2. The van der Waals surface area contributed by atoms with E-state index < -0.39 is 0 Å². The summed E-state index contributed by atoms with van der Waals surface area (Å²) < 4.78 is 4.86. The Kier molecular flexibility index (Phi) is 14.9. The summed E-state index contributed by atoms with van der Waals surface area (Å²) in [6, 6.07) is 67.3. The first-order chi connectivity index (χ1) is 34.2. The molecule has 0 radical (unpaired) electrons. The van der Waals surface area contributed by atoms with Crippen LogP contribution in [0, 0.1) is 0 Å². The predicted octanol–water partition coefficient (Wildman–Crippen LogP) is 18.8. The highest BCUT2D eigenvalue weighted by Crippen LogP contribution is 2.38. The molecule has 2 atom stereocenters. The van der Waals surface area contributed by atoms with Gasteiger partial charge in [0, 0.05) is 69.8 Å². The molecule has 0 saturated carbocycles. The van der Waals surface area contributed by atoms with Gasteiger partial charge in [0.25, 0.3) is 0 Å². The molecule has 0 saturated heterocycles. The van der Waals surface area contributed by atoms with Gasteiger partial charge in [-0.2, -0.15) is 0 Å². The Morgan fingerprint density at radius 3 is 1.04 bits per heavy atom. The van der Waals surface area contributed by atoms with Crippen LogP contribution in [0.4, 0.5) is 22.7 Å². The first-order valence-corrected chi connectivity index (χ1v) is 26.1. The molecule has 4 nitrogen and oxygen atoms in total. The molecule has 0 fully saturated rings. The fourth-order valence-electron chi connectivity index (χ4n) is 10.1. The van der Waals surface area contributed by atoms with Gasteiger partial charge in [0.15, 0.2) is 0 Å². The van der Waals surface area contributed by atoms with Gasteiger partial charge in [-0.15, -0.1) is 0 Å². The number of unbranched alkanes of at least 4 members (excludes halogenated alkanes) is 2. The Morgan fingerprint density at radius 1 is 0.371 bits per heavy atom. The van der Waals surface area contributed by atoms with Crippen LogP contribution in [0.5, 0.6) is 0 Å². The van der Waals surface area contributed by atoms with Gasteiger partial charge in [0.1, 0.15) is 0 Å². The second-order valence-corrected chi connectivity index (χ2v) is 19.6. The highest BCUT2D eigenvalue weighted by Gasteiger charge is 2.18. The average Bonchev–Trinajstić information content (AvgIpc) is 3.92. The molecular weight excluding hydrogens is 849 g/mol. The number of fused-ring (bicyclic) bond motifs is 6. The maximum absolute atomic E-state index is 2.44. The van der Waals surface area contributed by atoms with Gasteiger partial charge in [-0.1, -0.05) is 115 Å². The summed E-state index contributed by atoms with van der Waals surface area (Å²) in [6.45, 7) is 13.7. The molecule has 0 aliphatic carbocycles. The normalized spacial score (nSPS) is 12.3. The summed E-state index contributed by atoms with van der Waals surface area (Å²) in [5, 5.41) is 5.46. The van der Waals surface area contributed by atoms with Crippen LogP contribution in [0.1, 0.15) is 114 Å². The topological polar surface area (TPSA) is 16.3 Å². The van der Waals surface area contributed by atoms with Gasteiger partial charge in [0.05, 0.1) is 22.1 Å². The number of nitrogens with zero attached hydrogens (tertiary/aromatic N) is 4. The maximum atomic E-state index is 2.44. The smallest absolute Gasteiger partial charge is 0.0541 e. The van der Waals surface area contributed by atoms with Crippen molar-refractivity contribution < 1.29 is 0 Å². The first-order valence-electron chi connectivity index (χ1n) is 26.1. The van der Waals surface area contributed by atoms with E-state index in [4.69, 9.17) is 0 Å². The standard InChI is InChI=1S/2C33H36N2/c1-6-23(3)25-13-19-32-30(21-25)31-22-26(24(4)7-2)14-20-33(31)35(32)29-17-15-28(16-18-29)34(5)27-11-9-8-10-12-27;1-4-6-11-25-15-21-32-30(23-25)31-24-26(12-7-5-2)16-22-33(31)35(32)29-19-17-28(18-20-29)34(3)27-13-9-8-10-14-27/h8-24H,6-7H2,1-5H3;8-10,13-24H,4-7,11-12H2,1-3H3. The zero-order valence-corrected chi connectivity index (χ0v) is 42.9. The third-order valence-electron chi connectivity index (χ3n) is 15.0. The van der Waals surface area contributed by atoms with E-state index in [2.05, 4.69) is 257 Å². The zero-order chi connectivity index (χ0) is 48.7. The molecule has 10 aromatic rings. The second-order valence-electron chi connectivity index (χ2n) is 19.6. The maximum Gasteiger partial charge on any atom is 0.0541 e. The highest BCUT2D eigenvalue weighted by molar-refractivity contribution is 6.11. The van der Waals surface area contributed by atoms with Crippen molar-refractivity contribution in [3.8, 4) is 11.4 Å². The molecule has 0 bridgehead atoms. The molecule has 4 heteroatoms. The van der Waals surface area contributed by atoms with Crippen LogP contribution in [0.15, 0.2) is 182 Å². The van der Waals surface area contributed by atoms with Crippen LogP contribution in [0.3, 0.4) is 0 Å². The molecule has 0 amide bonds. The van der Waals surface area contributed by atoms with E-state index in [0.717, 1.165) is 25.7 Å². The molecule has 70 heavy (non-hydrogen) atoms. The summed E-state index contributed by atoms with van der Waals surface area (Å²) in [5.41, 5.74) is 18.0. The van der Waals surface area contributed by atoms with Gasteiger partial charge in [0.2, 0.25) is 0 Å². The van der Waals surface area contributed by atoms with Crippen LogP contribution in [0.25, 0.3) is 55.0 Å². The lowest BCUT2D eigenvalue weighted by Crippen LogP contribution is -2.09. The van der Waals surface area contributed by atoms with E-state index in [1.165, 1.54) is 126 Å². The number of hydrogen-bond acceptors (Lipinski definition) is 2. The zero-order valence-electron chi connectivity index (χ0n) is 42.9. The third-order valence-corrected chi connectivity index (χ3v) is 15.0. The van der Waals surface area contributed by atoms with Gasteiger partial charge in [-0.05, 0) is 194 Å². The fourth-order valence-corrected chi connectivity index (χ4v) is 10.1. The van der Waals surface area contributed by atoms with Crippen molar-refractivity contribution in [2.24, 2.45) is 0 Å². The Hall–Kier alpha value is -7.04. The molecule has 2 aromatic heterocycles. The minimum atomic E-state index is 0.559. The monoisotopic (exact) mass is 921 g/mol. The SMILES string of the molecule is CCC(C)c1ccc2c(c1)c1cc(C(C)CC)ccc1n2-c1ccc(N(C)c2ccccc2)cc1.CCCCc1ccc2c(c1)c1cc(CCCC)ccc1n2-c1ccc(N(C)c2ccccc2)cc1. The largest absolute Gasteiger partial charge is 0.345 e. The fraction of sp³-hybridized carbons (Fsp3) is 0.273. The van der Waals surface area contributed by atoms with Gasteiger partial charge >= 0.3 is 0 Å². The van der Waals surface area contributed by atoms with E-state index in [1.807, 2.05) is 0 Å². The molecule has 0 aliphatic rings. The lowest BCUT2D eigenvalue weighted by molar-refractivity contribution is 0.734. The lowest BCUT2D eigenvalue weighted by atomic mass is 9.95. The number of aryl methyl sites for hydroxylation is 2. The summed E-state index contributed by atoms with van der Waals surface area (Å²) in [4.78, 5) is 4.46. The molecule has 2 unspecified atom stereocenters. The molecule has 0 aliphatic heterocycles. The quantitative estimate of drug-likeness (QED) is 0.0960. The molecule has 8 aromatic carbocycles. The Bertz CT molecular complexity index is 3170. The Labute approximate surface area is 417 Å². The van der Waals surface area contributed by atoms with Crippen LogP contribution in [-0.4, -0.2) is 23.2 Å².